The third kappa shape index (κ3) is 5.31. The lowest BCUT2D eigenvalue weighted by molar-refractivity contribution is -0.132. The van der Waals surface area contributed by atoms with Crippen LogP contribution in [0.25, 0.3) is 0 Å². The van der Waals surface area contributed by atoms with E-state index in [1.54, 1.807) is 0 Å². The molecule has 0 N–H and O–H groups in total. The first kappa shape index (κ1) is 16.2. The molecule has 0 aromatic rings. The van der Waals surface area contributed by atoms with Crippen LogP contribution in [0.3, 0.4) is 0 Å². The Hall–Kier alpha value is -0.900. The first-order chi connectivity index (χ1) is 9.08. The first-order valence-electron chi connectivity index (χ1n) is 7.57. The third-order valence-electron chi connectivity index (χ3n) is 4.01. The molecule has 1 saturated carbocycles. The summed E-state index contributed by atoms with van der Waals surface area (Å²) in [5.41, 5.74) is 0. The van der Waals surface area contributed by atoms with Crippen LogP contribution in [-0.2, 0) is 9.59 Å². The Morgan fingerprint density at radius 1 is 1.00 bits per heavy atom. The minimum Gasteiger partial charge on any atom is -0.342 e. The summed E-state index contributed by atoms with van der Waals surface area (Å²) in [6, 6.07) is 0. The van der Waals surface area contributed by atoms with Gasteiger partial charge in [-0.2, -0.15) is 0 Å². The lowest BCUT2D eigenvalue weighted by Gasteiger charge is -2.25. The van der Waals surface area contributed by atoms with Crippen LogP contribution in [0.15, 0.2) is 0 Å². The quantitative estimate of drug-likeness (QED) is 0.708. The highest BCUT2D eigenvalue weighted by molar-refractivity contribution is 5.84. The molecule has 19 heavy (non-hydrogen) atoms. The van der Waals surface area contributed by atoms with Crippen molar-refractivity contribution in [3.05, 3.63) is 0 Å². The molecule has 1 fully saturated rings. The van der Waals surface area contributed by atoms with Crippen LogP contribution in [0, 0.1) is 5.92 Å². The largest absolute Gasteiger partial charge is 0.342 e. The fourth-order valence-electron chi connectivity index (χ4n) is 2.78. The molecular formula is C15H28N2O2. The lowest BCUT2D eigenvalue weighted by Crippen LogP contribution is -2.41. The van der Waals surface area contributed by atoms with E-state index >= 15 is 0 Å². The average Bonchev–Trinajstić information content (AvgIpc) is 2.40. The van der Waals surface area contributed by atoms with Crippen molar-refractivity contribution in [2.45, 2.75) is 46.0 Å². The topological polar surface area (TPSA) is 40.6 Å². The molecule has 1 amide bonds. The molecule has 0 atom stereocenters. The predicted molar refractivity (Wildman–Crippen MR) is 77.0 cm³/mol. The van der Waals surface area contributed by atoms with Crippen LogP contribution in [-0.4, -0.2) is 54.7 Å². The van der Waals surface area contributed by atoms with Gasteiger partial charge in [-0.3, -0.25) is 14.5 Å². The lowest BCUT2D eigenvalue weighted by atomic mass is 9.86. The number of amides is 1. The molecule has 0 heterocycles. The Bertz CT molecular complexity index is 295. The van der Waals surface area contributed by atoms with Gasteiger partial charge in [-0.15, -0.1) is 0 Å². The number of Topliss-reactive ketones (excluding diaryl/α,β-unsaturated/α-hetero) is 1. The van der Waals surface area contributed by atoms with E-state index < -0.39 is 0 Å². The highest BCUT2D eigenvalue weighted by atomic mass is 16.2. The number of hydrogen-bond acceptors (Lipinski definition) is 3. The number of carbonyl (C=O) groups is 2. The zero-order valence-corrected chi connectivity index (χ0v) is 12.7. The van der Waals surface area contributed by atoms with Gasteiger partial charge in [-0.25, -0.2) is 0 Å². The van der Waals surface area contributed by atoms with Crippen molar-refractivity contribution in [3.8, 4) is 0 Å². The smallest absolute Gasteiger partial charge is 0.236 e. The van der Waals surface area contributed by atoms with Gasteiger partial charge in [0, 0.05) is 19.0 Å². The molecule has 0 aliphatic heterocycles. The third-order valence-corrected chi connectivity index (χ3v) is 4.01. The molecule has 0 aromatic heterocycles. The van der Waals surface area contributed by atoms with E-state index in [1.165, 1.54) is 19.3 Å². The zero-order chi connectivity index (χ0) is 14.3. The van der Waals surface area contributed by atoms with E-state index in [9.17, 15) is 9.59 Å². The summed E-state index contributed by atoms with van der Waals surface area (Å²) in [6.07, 6.45) is 5.70. The fraction of sp³-hybridized carbons (Fsp3) is 0.867. The number of nitrogens with zero attached hydrogens (tertiary/aromatic N) is 2. The van der Waals surface area contributed by atoms with Gasteiger partial charge in [0.15, 0.2) is 0 Å². The van der Waals surface area contributed by atoms with Crippen molar-refractivity contribution >= 4 is 11.7 Å². The number of likely N-dealkylation sites (N-methyl/N-ethyl adjacent to an activating group) is 2. The molecule has 0 radical (unpaired) electrons. The number of ketones is 1. The second-order valence-electron chi connectivity index (χ2n) is 5.54. The minimum atomic E-state index is 0.115. The monoisotopic (exact) mass is 268 g/mol. The van der Waals surface area contributed by atoms with E-state index in [2.05, 4.69) is 0 Å². The normalized spacial score (nSPS) is 16.6. The SMILES string of the molecule is CCN(CC)C(=O)CN(C)CC(=O)C1CCCCC1. The Balaban J connectivity index is 2.35. The van der Waals surface area contributed by atoms with Crippen molar-refractivity contribution in [2.75, 3.05) is 33.2 Å². The van der Waals surface area contributed by atoms with Crippen molar-refractivity contribution in [1.29, 1.82) is 0 Å². The van der Waals surface area contributed by atoms with Crippen LogP contribution in [0.4, 0.5) is 0 Å². The van der Waals surface area contributed by atoms with Gasteiger partial charge in [0.25, 0.3) is 0 Å². The van der Waals surface area contributed by atoms with E-state index in [0.29, 0.717) is 18.9 Å². The molecule has 4 nitrogen and oxygen atoms in total. The minimum absolute atomic E-state index is 0.115. The molecule has 0 spiro atoms. The van der Waals surface area contributed by atoms with Gasteiger partial charge in [0.05, 0.1) is 13.1 Å². The van der Waals surface area contributed by atoms with Crippen LogP contribution >= 0.6 is 0 Å². The molecule has 110 valence electrons. The maximum atomic E-state index is 12.1. The highest BCUT2D eigenvalue weighted by Crippen LogP contribution is 2.24. The second-order valence-corrected chi connectivity index (χ2v) is 5.54. The molecule has 0 saturated heterocycles. The summed E-state index contributed by atoms with van der Waals surface area (Å²) in [6.45, 7) is 6.19. The van der Waals surface area contributed by atoms with Gasteiger partial charge >= 0.3 is 0 Å². The number of hydrogen-bond donors (Lipinski definition) is 0. The maximum absolute atomic E-state index is 12.1. The average molecular weight is 268 g/mol. The molecule has 0 bridgehead atoms. The molecule has 1 aliphatic rings. The van der Waals surface area contributed by atoms with E-state index in [-0.39, 0.29) is 11.8 Å². The van der Waals surface area contributed by atoms with Crippen molar-refractivity contribution < 1.29 is 9.59 Å². The molecule has 1 aliphatic carbocycles. The summed E-state index contributed by atoms with van der Waals surface area (Å²) < 4.78 is 0. The van der Waals surface area contributed by atoms with Gasteiger partial charge in [-0.05, 0) is 33.7 Å². The summed E-state index contributed by atoms with van der Waals surface area (Å²) in [4.78, 5) is 27.7. The standard InChI is InChI=1S/C15H28N2O2/c1-4-17(5-2)15(19)12-16(3)11-14(18)13-9-7-6-8-10-13/h13H,4-12H2,1-3H3. The van der Waals surface area contributed by atoms with Gasteiger partial charge in [0.1, 0.15) is 5.78 Å². The number of carbonyl (C=O) groups excluding carboxylic acids is 2. The van der Waals surface area contributed by atoms with Gasteiger partial charge in [0.2, 0.25) is 5.91 Å². The van der Waals surface area contributed by atoms with Crippen LogP contribution in [0.2, 0.25) is 0 Å². The van der Waals surface area contributed by atoms with Crippen molar-refractivity contribution in [3.63, 3.8) is 0 Å². The second kappa shape index (κ2) is 8.31. The summed E-state index contributed by atoms with van der Waals surface area (Å²) in [5, 5.41) is 0. The Kier molecular flexibility index (Phi) is 7.06. The van der Waals surface area contributed by atoms with Crippen molar-refractivity contribution in [2.24, 2.45) is 5.92 Å². The predicted octanol–water partition coefficient (Wildman–Crippen LogP) is 1.94. The van der Waals surface area contributed by atoms with E-state index in [0.717, 1.165) is 25.9 Å². The molecular weight excluding hydrogens is 240 g/mol. The van der Waals surface area contributed by atoms with Crippen LogP contribution in [0.5, 0.6) is 0 Å². The van der Waals surface area contributed by atoms with Crippen molar-refractivity contribution in [1.82, 2.24) is 9.80 Å². The Morgan fingerprint density at radius 3 is 2.11 bits per heavy atom. The fourth-order valence-corrected chi connectivity index (χ4v) is 2.78. The Morgan fingerprint density at radius 2 is 1.58 bits per heavy atom. The maximum Gasteiger partial charge on any atom is 0.236 e. The molecule has 0 unspecified atom stereocenters. The molecule has 1 rings (SSSR count). The van der Waals surface area contributed by atoms with E-state index in [1.807, 2.05) is 30.7 Å². The first-order valence-corrected chi connectivity index (χ1v) is 7.57. The summed E-state index contributed by atoms with van der Waals surface area (Å²) >= 11 is 0. The van der Waals surface area contributed by atoms with Crippen LogP contribution in [0.1, 0.15) is 46.0 Å². The summed E-state index contributed by atoms with van der Waals surface area (Å²) in [5.74, 6) is 0.665. The zero-order valence-electron chi connectivity index (χ0n) is 12.7. The molecule has 4 heteroatoms. The van der Waals surface area contributed by atoms with E-state index in [4.69, 9.17) is 0 Å². The van der Waals surface area contributed by atoms with Gasteiger partial charge in [-0.1, -0.05) is 19.3 Å². The number of rotatable bonds is 7. The summed E-state index contributed by atoms with van der Waals surface area (Å²) in [7, 11) is 1.86. The Labute approximate surface area is 117 Å². The molecule has 0 aromatic carbocycles. The van der Waals surface area contributed by atoms with Crippen LogP contribution < -0.4 is 0 Å². The highest BCUT2D eigenvalue weighted by Gasteiger charge is 2.23. The van der Waals surface area contributed by atoms with Gasteiger partial charge < -0.3 is 4.90 Å².